The Kier molecular flexibility index (Phi) is 4.19. The van der Waals surface area contributed by atoms with Crippen LogP contribution in [0.1, 0.15) is 31.1 Å². The summed E-state index contributed by atoms with van der Waals surface area (Å²) >= 11 is 5.94. The van der Waals surface area contributed by atoms with Crippen molar-refractivity contribution >= 4 is 17.5 Å². The normalized spacial score (nSPS) is 10.6. The highest BCUT2D eigenvalue weighted by Crippen LogP contribution is 2.23. The van der Waals surface area contributed by atoms with Gasteiger partial charge in [-0.1, -0.05) is 11.6 Å². The summed E-state index contributed by atoms with van der Waals surface area (Å²) in [5.41, 5.74) is 0.345. The number of carbonyl (C=O) groups excluding carboxylic acids is 1. The van der Waals surface area contributed by atoms with Crippen LogP contribution < -0.4 is 0 Å². The van der Waals surface area contributed by atoms with Crippen LogP contribution in [0.25, 0.3) is 0 Å². The van der Waals surface area contributed by atoms with Crippen molar-refractivity contribution in [3.05, 3.63) is 28.8 Å². The van der Waals surface area contributed by atoms with E-state index in [0.717, 1.165) is 0 Å². The topological polar surface area (TPSA) is 40.5 Å². The Morgan fingerprint density at radius 2 is 2.12 bits per heavy atom. The van der Waals surface area contributed by atoms with Crippen LogP contribution in [0.3, 0.4) is 0 Å². The van der Waals surface area contributed by atoms with Gasteiger partial charge in [-0.2, -0.15) is 0 Å². The van der Waals surface area contributed by atoms with E-state index in [1.54, 1.807) is 4.90 Å². The molecule has 3 nitrogen and oxygen atoms in total. The standard InChI is InChI=1S/C12H16ClNO2/c1-4-14(8(2)3)12(16)10-7-9(15)5-6-11(10)13/h5-8,15H,4H2,1-3H3. The summed E-state index contributed by atoms with van der Waals surface area (Å²) in [6.45, 7) is 6.41. The van der Waals surface area contributed by atoms with Crippen molar-refractivity contribution in [1.82, 2.24) is 4.90 Å². The first-order valence-corrected chi connectivity index (χ1v) is 5.64. The van der Waals surface area contributed by atoms with Gasteiger partial charge in [0.1, 0.15) is 5.75 Å². The quantitative estimate of drug-likeness (QED) is 0.884. The first-order valence-electron chi connectivity index (χ1n) is 5.26. The van der Waals surface area contributed by atoms with Gasteiger partial charge in [-0.05, 0) is 39.0 Å². The second-order valence-electron chi connectivity index (χ2n) is 3.85. The Hall–Kier alpha value is -1.22. The fraction of sp³-hybridized carbons (Fsp3) is 0.417. The van der Waals surface area contributed by atoms with Crippen LogP contribution in [-0.2, 0) is 0 Å². The number of nitrogens with zero attached hydrogens (tertiary/aromatic N) is 1. The van der Waals surface area contributed by atoms with Gasteiger partial charge in [-0.25, -0.2) is 0 Å². The summed E-state index contributed by atoms with van der Waals surface area (Å²) in [7, 11) is 0. The Balaban J connectivity index is 3.08. The van der Waals surface area contributed by atoms with E-state index in [2.05, 4.69) is 0 Å². The number of halogens is 1. The summed E-state index contributed by atoms with van der Waals surface area (Å²) in [6.07, 6.45) is 0. The maximum Gasteiger partial charge on any atom is 0.255 e. The highest BCUT2D eigenvalue weighted by atomic mass is 35.5. The molecule has 0 bridgehead atoms. The Labute approximate surface area is 101 Å². The number of hydrogen-bond acceptors (Lipinski definition) is 2. The molecule has 1 amide bonds. The molecular weight excluding hydrogens is 226 g/mol. The van der Waals surface area contributed by atoms with Gasteiger partial charge in [0.25, 0.3) is 5.91 Å². The van der Waals surface area contributed by atoms with Gasteiger partial charge in [0.2, 0.25) is 0 Å². The van der Waals surface area contributed by atoms with Crippen molar-refractivity contribution < 1.29 is 9.90 Å². The smallest absolute Gasteiger partial charge is 0.255 e. The molecular formula is C12H16ClNO2. The third kappa shape index (κ3) is 2.67. The highest BCUT2D eigenvalue weighted by Gasteiger charge is 2.19. The molecule has 1 aromatic carbocycles. The number of hydrogen-bond donors (Lipinski definition) is 1. The van der Waals surface area contributed by atoms with Crippen molar-refractivity contribution in [3.63, 3.8) is 0 Å². The largest absolute Gasteiger partial charge is 0.508 e. The van der Waals surface area contributed by atoms with Crippen LogP contribution in [0.15, 0.2) is 18.2 Å². The zero-order valence-electron chi connectivity index (χ0n) is 9.70. The molecule has 16 heavy (non-hydrogen) atoms. The number of phenols is 1. The van der Waals surface area contributed by atoms with Crippen LogP contribution in [-0.4, -0.2) is 28.5 Å². The molecule has 0 aliphatic heterocycles. The summed E-state index contributed by atoms with van der Waals surface area (Å²) < 4.78 is 0. The molecule has 88 valence electrons. The van der Waals surface area contributed by atoms with E-state index in [1.807, 2.05) is 20.8 Å². The van der Waals surface area contributed by atoms with Crippen molar-refractivity contribution in [1.29, 1.82) is 0 Å². The molecule has 1 aromatic rings. The van der Waals surface area contributed by atoms with Crippen molar-refractivity contribution in [2.45, 2.75) is 26.8 Å². The van der Waals surface area contributed by atoms with Crippen molar-refractivity contribution in [2.24, 2.45) is 0 Å². The van der Waals surface area contributed by atoms with Gasteiger partial charge >= 0.3 is 0 Å². The van der Waals surface area contributed by atoms with Gasteiger partial charge in [-0.3, -0.25) is 4.79 Å². The zero-order chi connectivity index (χ0) is 12.3. The van der Waals surface area contributed by atoms with Crippen molar-refractivity contribution in [3.8, 4) is 5.75 Å². The van der Waals surface area contributed by atoms with E-state index in [1.165, 1.54) is 18.2 Å². The second kappa shape index (κ2) is 5.21. The molecule has 0 saturated carbocycles. The van der Waals surface area contributed by atoms with E-state index < -0.39 is 0 Å². The fourth-order valence-electron chi connectivity index (χ4n) is 1.58. The summed E-state index contributed by atoms with van der Waals surface area (Å²) in [5, 5.41) is 9.71. The van der Waals surface area contributed by atoms with Crippen molar-refractivity contribution in [2.75, 3.05) is 6.54 Å². The first-order chi connectivity index (χ1) is 7.47. The van der Waals surface area contributed by atoms with Gasteiger partial charge in [0, 0.05) is 12.6 Å². The minimum absolute atomic E-state index is 0.0487. The third-order valence-electron chi connectivity index (χ3n) is 2.41. The lowest BCUT2D eigenvalue weighted by Crippen LogP contribution is -2.36. The second-order valence-corrected chi connectivity index (χ2v) is 4.26. The number of aromatic hydroxyl groups is 1. The third-order valence-corrected chi connectivity index (χ3v) is 2.73. The van der Waals surface area contributed by atoms with Gasteiger partial charge < -0.3 is 10.0 Å². The molecule has 0 radical (unpaired) electrons. The number of benzene rings is 1. The van der Waals surface area contributed by atoms with E-state index >= 15 is 0 Å². The van der Waals surface area contributed by atoms with Crippen LogP contribution in [0.4, 0.5) is 0 Å². The summed E-state index contributed by atoms with van der Waals surface area (Å²) in [5.74, 6) is -0.106. The average Bonchev–Trinajstić information content (AvgIpc) is 2.22. The number of phenolic OH excluding ortho intramolecular Hbond substituents is 1. The van der Waals surface area contributed by atoms with Crippen LogP contribution in [0.5, 0.6) is 5.75 Å². The van der Waals surface area contributed by atoms with Crippen LogP contribution in [0.2, 0.25) is 5.02 Å². The number of amides is 1. The molecule has 0 spiro atoms. The van der Waals surface area contributed by atoms with Gasteiger partial charge in [0.15, 0.2) is 0 Å². The highest BCUT2D eigenvalue weighted by molar-refractivity contribution is 6.33. The van der Waals surface area contributed by atoms with Crippen LogP contribution in [0, 0.1) is 0 Å². The minimum atomic E-state index is -0.154. The molecule has 1 N–H and O–H groups in total. The Morgan fingerprint density at radius 3 is 2.62 bits per heavy atom. The molecule has 0 fully saturated rings. The zero-order valence-corrected chi connectivity index (χ0v) is 10.5. The van der Waals surface area contributed by atoms with E-state index in [0.29, 0.717) is 17.1 Å². The lowest BCUT2D eigenvalue weighted by atomic mass is 10.1. The molecule has 1 rings (SSSR count). The van der Waals surface area contributed by atoms with Gasteiger partial charge in [-0.15, -0.1) is 0 Å². The van der Waals surface area contributed by atoms with E-state index in [9.17, 15) is 9.90 Å². The molecule has 0 atom stereocenters. The first kappa shape index (κ1) is 12.8. The molecule has 0 unspecified atom stereocenters. The van der Waals surface area contributed by atoms with Gasteiger partial charge in [0.05, 0.1) is 10.6 Å². The Morgan fingerprint density at radius 1 is 1.50 bits per heavy atom. The number of carbonyl (C=O) groups is 1. The summed E-state index contributed by atoms with van der Waals surface area (Å²) in [6, 6.07) is 4.49. The maximum atomic E-state index is 12.1. The summed E-state index contributed by atoms with van der Waals surface area (Å²) in [4.78, 5) is 13.8. The monoisotopic (exact) mass is 241 g/mol. The SMILES string of the molecule is CCN(C(=O)c1cc(O)ccc1Cl)C(C)C. The molecule has 4 heteroatoms. The maximum absolute atomic E-state index is 12.1. The van der Waals surface area contributed by atoms with Crippen LogP contribution >= 0.6 is 11.6 Å². The molecule has 0 heterocycles. The number of rotatable bonds is 3. The molecule has 0 aromatic heterocycles. The Bertz CT molecular complexity index is 391. The molecule has 0 saturated heterocycles. The minimum Gasteiger partial charge on any atom is -0.508 e. The lowest BCUT2D eigenvalue weighted by Gasteiger charge is -2.25. The van der Waals surface area contributed by atoms with E-state index in [4.69, 9.17) is 11.6 Å². The van der Waals surface area contributed by atoms with E-state index in [-0.39, 0.29) is 17.7 Å². The molecule has 0 aliphatic carbocycles. The lowest BCUT2D eigenvalue weighted by molar-refractivity contribution is 0.0716. The predicted octanol–water partition coefficient (Wildman–Crippen LogP) is 2.92. The fourth-order valence-corrected chi connectivity index (χ4v) is 1.77. The average molecular weight is 242 g/mol. The predicted molar refractivity (Wildman–Crippen MR) is 65.0 cm³/mol. The molecule has 0 aliphatic rings.